The van der Waals surface area contributed by atoms with Crippen LogP contribution in [0, 0.1) is 24.0 Å². The molecule has 2 amide bonds. The highest BCUT2D eigenvalue weighted by molar-refractivity contribution is 6.00. The lowest BCUT2D eigenvalue weighted by Gasteiger charge is -2.10. The van der Waals surface area contributed by atoms with Crippen LogP contribution >= 0.6 is 0 Å². The number of terminal acetylenes is 1. The van der Waals surface area contributed by atoms with E-state index < -0.39 is 29.2 Å². The number of hydrogen-bond donors (Lipinski definition) is 3. The second-order valence-electron chi connectivity index (χ2n) is 3.81. The second kappa shape index (κ2) is 7.09. The van der Waals surface area contributed by atoms with Gasteiger partial charge in [0, 0.05) is 19.0 Å². The average Bonchev–Trinajstić information content (AvgIpc) is 2.38. The van der Waals surface area contributed by atoms with Gasteiger partial charge in [-0.05, 0) is 12.5 Å². The Hall–Kier alpha value is -2.62. The summed E-state index contributed by atoms with van der Waals surface area (Å²) in [6.45, 7) is 0.280. The van der Waals surface area contributed by atoms with Gasteiger partial charge in [-0.2, -0.15) is 0 Å². The molecule has 0 heterocycles. The lowest BCUT2D eigenvalue weighted by molar-refractivity contribution is 0.0697. The van der Waals surface area contributed by atoms with Gasteiger partial charge in [-0.1, -0.05) is 0 Å². The van der Waals surface area contributed by atoms with Crippen molar-refractivity contribution in [3.63, 3.8) is 0 Å². The van der Waals surface area contributed by atoms with Crippen molar-refractivity contribution in [3.05, 3.63) is 29.3 Å². The van der Waals surface area contributed by atoms with Crippen molar-refractivity contribution in [3.8, 4) is 12.3 Å². The van der Waals surface area contributed by atoms with Gasteiger partial charge in [0.05, 0.1) is 11.3 Å². The fourth-order valence-corrected chi connectivity index (χ4v) is 1.39. The van der Waals surface area contributed by atoms with Crippen molar-refractivity contribution in [2.75, 3.05) is 11.9 Å². The molecule has 7 heteroatoms. The van der Waals surface area contributed by atoms with E-state index in [1.54, 1.807) is 0 Å². The van der Waals surface area contributed by atoms with Crippen LogP contribution in [0.15, 0.2) is 12.1 Å². The molecule has 106 valence electrons. The number of carboxylic acid groups (broad SMARTS) is 1. The summed E-state index contributed by atoms with van der Waals surface area (Å²) in [6.07, 6.45) is 6.06. The standard InChI is InChI=1S/C13H12F2N2O3/c1-2-3-4-5-16-13(20)17-11-7-10(15)9(14)6-8(11)12(18)19/h1,6-7H,3-5H2,(H,18,19)(H2,16,17,20). The van der Waals surface area contributed by atoms with Gasteiger partial charge in [-0.3, -0.25) is 0 Å². The molecule has 5 nitrogen and oxygen atoms in total. The lowest BCUT2D eigenvalue weighted by atomic mass is 10.1. The molecule has 0 radical (unpaired) electrons. The first kappa shape index (κ1) is 15.4. The Bertz CT molecular complexity index is 567. The number of carbonyl (C=O) groups is 2. The highest BCUT2D eigenvalue weighted by Crippen LogP contribution is 2.20. The molecule has 0 aliphatic rings. The van der Waals surface area contributed by atoms with Crippen molar-refractivity contribution < 1.29 is 23.5 Å². The van der Waals surface area contributed by atoms with E-state index in [1.807, 2.05) is 0 Å². The van der Waals surface area contributed by atoms with Crippen molar-refractivity contribution in [1.82, 2.24) is 5.32 Å². The number of benzene rings is 1. The summed E-state index contributed by atoms with van der Waals surface area (Å²) < 4.78 is 26.0. The number of carboxylic acids is 1. The van der Waals surface area contributed by atoms with Crippen LogP contribution in [0.25, 0.3) is 0 Å². The SMILES string of the molecule is C#CCCCNC(=O)Nc1cc(F)c(F)cc1C(=O)O. The fourth-order valence-electron chi connectivity index (χ4n) is 1.39. The van der Waals surface area contributed by atoms with Crippen molar-refractivity contribution in [2.24, 2.45) is 0 Å². The molecule has 0 aliphatic carbocycles. The molecule has 0 unspecified atom stereocenters. The molecule has 0 saturated heterocycles. The molecule has 0 fully saturated rings. The number of halogens is 2. The van der Waals surface area contributed by atoms with Crippen LogP contribution in [0.2, 0.25) is 0 Å². The minimum Gasteiger partial charge on any atom is -0.478 e. The van der Waals surface area contributed by atoms with E-state index in [1.165, 1.54) is 0 Å². The second-order valence-corrected chi connectivity index (χ2v) is 3.81. The zero-order chi connectivity index (χ0) is 15.1. The van der Waals surface area contributed by atoms with Crippen LogP contribution in [-0.4, -0.2) is 23.7 Å². The maximum absolute atomic E-state index is 13.1. The van der Waals surface area contributed by atoms with Gasteiger partial charge < -0.3 is 15.7 Å². The summed E-state index contributed by atoms with van der Waals surface area (Å²) in [6, 6.07) is 0.390. The van der Waals surface area contributed by atoms with E-state index in [0.29, 0.717) is 25.0 Å². The van der Waals surface area contributed by atoms with Crippen LogP contribution in [0.3, 0.4) is 0 Å². The van der Waals surface area contributed by atoms with E-state index in [9.17, 15) is 18.4 Å². The Kier molecular flexibility index (Phi) is 5.47. The van der Waals surface area contributed by atoms with E-state index in [2.05, 4.69) is 16.6 Å². The first-order chi connectivity index (χ1) is 9.45. The van der Waals surface area contributed by atoms with Crippen molar-refractivity contribution in [1.29, 1.82) is 0 Å². The maximum atomic E-state index is 13.1. The molecule has 0 bridgehead atoms. The van der Waals surface area contributed by atoms with Gasteiger partial charge in [0.15, 0.2) is 11.6 Å². The number of hydrogen-bond acceptors (Lipinski definition) is 2. The Balaban J connectivity index is 2.76. The van der Waals surface area contributed by atoms with E-state index in [4.69, 9.17) is 11.5 Å². The number of rotatable bonds is 5. The average molecular weight is 282 g/mol. The molecule has 0 aliphatic heterocycles. The highest BCUT2D eigenvalue weighted by atomic mass is 19.2. The van der Waals surface area contributed by atoms with Crippen LogP contribution in [0.1, 0.15) is 23.2 Å². The summed E-state index contributed by atoms with van der Waals surface area (Å²) in [5, 5.41) is 13.4. The Morgan fingerprint density at radius 2 is 1.95 bits per heavy atom. The number of aromatic carboxylic acids is 1. The maximum Gasteiger partial charge on any atom is 0.337 e. The zero-order valence-corrected chi connectivity index (χ0v) is 10.4. The topological polar surface area (TPSA) is 78.4 Å². The summed E-state index contributed by atoms with van der Waals surface area (Å²) in [5.74, 6) is -1.65. The Morgan fingerprint density at radius 3 is 2.55 bits per heavy atom. The molecule has 1 rings (SSSR count). The third kappa shape index (κ3) is 4.24. The molecule has 20 heavy (non-hydrogen) atoms. The van der Waals surface area contributed by atoms with Gasteiger partial charge in [-0.25, -0.2) is 18.4 Å². The highest BCUT2D eigenvalue weighted by Gasteiger charge is 2.16. The van der Waals surface area contributed by atoms with Gasteiger partial charge in [-0.15, -0.1) is 12.3 Å². The quantitative estimate of drug-likeness (QED) is 0.572. The Morgan fingerprint density at radius 1 is 1.30 bits per heavy atom. The largest absolute Gasteiger partial charge is 0.478 e. The number of unbranched alkanes of at least 4 members (excludes halogenated alkanes) is 1. The van der Waals surface area contributed by atoms with Crippen LogP contribution in [0.4, 0.5) is 19.3 Å². The van der Waals surface area contributed by atoms with Crippen LogP contribution < -0.4 is 10.6 Å². The third-order valence-electron chi connectivity index (χ3n) is 2.32. The molecule has 1 aromatic rings. The molecule has 0 atom stereocenters. The molecule has 0 spiro atoms. The Labute approximate surface area is 114 Å². The summed E-state index contributed by atoms with van der Waals surface area (Å²) in [7, 11) is 0. The molecular weight excluding hydrogens is 270 g/mol. The summed E-state index contributed by atoms with van der Waals surface area (Å²) >= 11 is 0. The summed E-state index contributed by atoms with van der Waals surface area (Å²) in [5.41, 5.74) is -0.867. The number of urea groups is 1. The van der Waals surface area contributed by atoms with Gasteiger partial charge in [0.25, 0.3) is 0 Å². The molecule has 0 aromatic heterocycles. The number of nitrogens with one attached hydrogen (secondary N) is 2. The van der Waals surface area contributed by atoms with E-state index >= 15 is 0 Å². The molecular formula is C13H12F2N2O3. The van der Waals surface area contributed by atoms with Crippen molar-refractivity contribution >= 4 is 17.7 Å². The lowest BCUT2D eigenvalue weighted by Crippen LogP contribution is -2.30. The smallest absolute Gasteiger partial charge is 0.337 e. The van der Waals surface area contributed by atoms with Gasteiger partial charge >= 0.3 is 12.0 Å². The fraction of sp³-hybridized carbons (Fsp3) is 0.231. The predicted molar refractivity (Wildman–Crippen MR) is 68.4 cm³/mol. The number of amides is 2. The van der Waals surface area contributed by atoms with E-state index in [-0.39, 0.29) is 12.2 Å². The first-order valence-corrected chi connectivity index (χ1v) is 5.66. The summed E-state index contributed by atoms with van der Waals surface area (Å²) in [4.78, 5) is 22.3. The molecule has 3 N–H and O–H groups in total. The molecule has 1 aromatic carbocycles. The first-order valence-electron chi connectivity index (χ1n) is 5.66. The third-order valence-corrected chi connectivity index (χ3v) is 2.32. The zero-order valence-electron chi connectivity index (χ0n) is 10.4. The minimum absolute atomic E-state index is 0.280. The van der Waals surface area contributed by atoms with Gasteiger partial charge in [0.1, 0.15) is 0 Å². The normalized spacial score (nSPS) is 9.65. The minimum atomic E-state index is -1.48. The predicted octanol–water partition coefficient (Wildman–Crippen LogP) is 2.20. The van der Waals surface area contributed by atoms with E-state index in [0.717, 1.165) is 0 Å². The number of carbonyl (C=O) groups excluding carboxylic acids is 1. The van der Waals surface area contributed by atoms with Gasteiger partial charge in [0.2, 0.25) is 0 Å². The van der Waals surface area contributed by atoms with Crippen LogP contribution in [-0.2, 0) is 0 Å². The monoisotopic (exact) mass is 282 g/mol. The van der Waals surface area contributed by atoms with Crippen molar-refractivity contribution in [2.45, 2.75) is 12.8 Å². The molecule has 0 saturated carbocycles. The number of anilines is 1. The van der Waals surface area contributed by atoms with Crippen LogP contribution in [0.5, 0.6) is 0 Å².